The standard InChI is InChI=1S/C9H10N4OS/c1-2-10-3-6(1)9-12-8(13-14-9)7-4-15-5-11-7/h4-6,10H,1-3H2. The van der Waals surface area contributed by atoms with Crippen LogP contribution in [0.2, 0.25) is 0 Å². The molecular formula is C9H10N4OS. The quantitative estimate of drug-likeness (QED) is 0.829. The first-order valence-corrected chi connectivity index (χ1v) is 5.80. The minimum Gasteiger partial charge on any atom is -0.339 e. The van der Waals surface area contributed by atoms with E-state index in [9.17, 15) is 0 Å². The van der Waals surface area contributed by atoms with Crippen molar-refractivity contribution in [3.05, 3.63) is 16.8 Å². The lowest BCUT2D eigenvalue weighted by molar-refractivity contribution is 0.359. The van der Waals surface area contributed by atoms with Crippen LogP contribution < -0.4 is 5.32 Å². The summed E-state index contributed by atoms with van der Waals surface area (Å²) in [4.78, 5) is 8.51. The molecule has 0 bridgehead atoms. The highest BCUT2D eigenvalue weighted by Crippen LogP contribution is 2.23. The van der Waals surface area contributed by atoms with E-state index in [1.807, 2.05) is 5.38 Å². The average Bonchev–Trinajstić information content (AvgIpc) is 3.02. The highest BCUT2D eigenvalue weighted by Gasteiger charge is 2.23. The van der Waals surface area contributed by atoms with Crippen LogP contribution in [0.3, 0.4) is 0 Å². The molecule has 1 aliphatic rings. The number of nitrogens with one attached hydrogen (secondary N) is 1. The second kappa shape index (κ2) is 3.71. The van der Waals surface area contributed by atoms with Gasteiger partial charge in [0.25, 0.3) is 0 Å². The molecule has 0 spiro atoms. The van der Waals surface area contributed by atoms with Gasteiger partial charge in [0.05, 0.1) is 11.4 Å². The van der Waals surface area contributed by atoms with Crippen molar-refractivity contribution in [1.82, 2.24) is 20.4 Å². The summed E-state index contributed by atoms with van der Waals surface area (Å²) in [7, 11) is 0. The molecule has 0 aliphatic carbocycles. The summed E-state index contributed by atoms with van der Waals surface area (Å²) in [6.45, 7) is 1.96. The van der Waals surface area contributed by atoms with E-state index in [1.54, 1.807) is 5.51 Å². The molecule has 1 unspecified atom stereocenters. The Morgan fingerprint density at radius 3 is 3.27 bits per heavy atom. The van der Waals surface area contributed by atoms with E-state index < -0.39 is 0 Å². The third kappa shape index (κ3) is 1.66. The van der Waals surface area contributed by atoms with Gasteiger partial charge in [0.2, 0.25) is 11.7 Å². The monoisotopic (exact) mass is 222 g/mol. The number of thiazole rings is 1. The Balaban J connectivity index is 1.87. The topological polar surface area (TPSA) is 63.8 Å². The Morgan fingerprint density at radius 1 is 1.53 bits per heavy atom. The zero-order valence-corrected chi connectivity index (χ0v) is 8.83. The van der Waals surface area contributed by atoms with Gasteiger partial charge in [-0.25, -0.2) is 4.98 Å². The Morgan fingerprint density at radius 2 is 2.53 bits per heavy atom. The molecule has 1 saturated heterocycles. The zero-order chi connectivity index (χ0) is 10.1. The van der Waals surface area contributed by atoms with Gasteiger partial charge in [0.1, 0.15) is 5.69 Å². The third-order valence-corrected chi connectivity index (χ3v) is 3.10. The van der Waals surface area contributed by atoms with Crippen LogP contribution in [0.1, 0.15) is 18.2 Å². The highest BCUT2D eigenvalue weighted by molar-refractivity contribution is 7.07. The smallest absolute Gasteiger partial charge is 0.231 e. The summed E-state index contributed by atoms with van der Waals surface area (Å²) < 4.78 is 5.24. The van der Waals surface area contributed by atoms with Gasteiger partial charge in [-0.1, -0.05) is 5.16 Å². The summed E-state index contributed by atoms with van der Waals surface area (Å²) in [6, 6.07) is 0. The molecule has 0 amide bonds. The van der Waals surface area contributed by atoms with Crippen LogP contribution in [-0.4, -0.2) is 28.2 Å². The van der Waals surface area contributed by atoms with Crippen molar-refractivity contribution in [1.29, 1.82) is 0 Å². The van der Waals surface area contributed by atoms with Gasteiger partial charge in [-0.15, -0.1) is 11.3 Å². The maximum atomic E-state index is 5.24. The maximum absolute atomic E-state index is 5.24. The molecule has 1 fully saturated rings. The molecule has 6 heteroatoms. The molecule has 15 heavy (non-hydrogen) atoms. The molecular weight excluding hydrogens is 212 g/mol. The molecule has 0 aromatic carbocycles. The molecule has 3 heterocycles. The molecule has 1 aliphatic heterocycles. The summed E-state index contributed by atoms with van der Waals surface area (Å²) in [6.07, 6.45) is 1.07. The third-order valence-electron chi connectivity index (χ3n) is 2.51. The van der Waals surface area contributed by atoms with E-state index in [0.29, 0.717) is 11.7 Å². The van der Waals surface area contributed by atoms with Crippen molar-refractivity contribution in [3.63, 3.8) is 0 Å². The molecule has 0 radical (unpaired) electrons. The molecule has 2 aromatic rings. The lowest BCUT2D eigenvalue weighted by Crippen LogP contribution is -2.08. The minimum atomic E-state index is 0.366. The lowest BCUT2D eigenvalue weighted by atomic mass is 10.1. The van der Waals surface area contributed by atoms with Crippen LogP contribution in [0.5, 0.6) is 0 Å². The van der Waals surface area contributed by atoms with Crippen molar-refractivity contribution in [3.8, 4) is 11.5 Å². The summed E-state index contributed by atoms with van der Waals surface area (Å²) in [5.74, 6) is 1.69. The van der Waals surface area contributed by atoms with Crippen LogP contribution in [0.15, 0.2) is 15.4 Å². The molecule has 1 N–H and O–H groups in total. The maximum Gasteiger partial charge on any atom is 0.231 e. The number of hydrogen-bond acceptors (Lipinski definition) is 6. The number of aromatic nitrogens is 3. The van der Waals surface area contributed by atoms with Gasteiger partial charge in [0.15, 0.2) is 0 Å². The van der Waals surface area contributed by atoms with E-state index in [1.165, 1.54) is 11.3 Å². The number of rotatable bonds is 2. The fourth-order valence-corrected chi connectivity index (χ4v) is 2.22. The van der Waals surface area contributed by atoms with E-state index in [-0.39, 0.29) is 0 Å². The zero-order valence-electron chi connectivity index (χ0n) is 8.01. The van der Waals surface area contributed by atoms with Crippen LogP contribution >= 0.6 is 11.3 Å². The fraction of sp³-hybridized carbons (Fsp3) is 0.444. The minimum absolute atomic E-state index is 0.366. The SMILES string of the molecule is c1nc(-c2noc(C3CCNC3)n2)cs1. The van der Waals surface area contributed by atoms with Crippen molar-refractivity contribution < 1.29 is 4.52 Å². The van der Waals surface area contributed by atoms with E-state index in [4.69, 9.17) is 4.52 Å². The Kier molecular flexibility index (Phi) is 2.22. The van der Waals surface area contributed by atoms with Crippen LogP contribution in [0.25, 0.3) is 11.5 Å². The Bertz CT molecular complexity index is 433. The predicted molar refractivity (Wildman–Crippen MR) is 55.6 cm³/mol. The van der Waals surface area contributed by atoms with Gasteiger partial charge >= 0.3 is 0 Å². The average molecular weight is 222 g/mol. The molecule has 0 saturated carbocycles. The van der Waals surface area contributed by atoms with E-state index >= 15 is 0 Å². The summed E-state index contributed by atoms with van der Waals surface area (Å²) in [5.41, 5.74) is 2.56. The van der Waals surface area contributed by atoms with Gasteiger partial charge in [0, 0.05) is 11.9 Å². The van der Waals surface area contributed by atoms with Crippen molar-refractivity contribution in [2.75, 3.05) is 13.1 Å². The van der Waals surface area contributed by atoms with Crippen LogP contribution in [0, 0.1) is 0 Å². The first kappa shape index (κ1) is 8.99. The lowest BCUT2D eigenvalue weighted by Gasteiger charge is -1.98. The fourth-order valence-electron chi connectivity index (χ4n) is 1.69. The number of hydrogen-bond donors (Lipinski definition) is 1. The van der Waals surface area contributed by atoms with Crippen LogP contribution in [-0.2, 0) is 0 Å². The molecule has 3 rings (SSSR count). The Hall–Kier alpha value is -1.27. The number of nitrogens with zero attached hydrogens (tertiary/aromatic N) is 3. The molecule has 2 aromatic heterocycles. The van der Waals surface area contributed by atoms with Crippen molar-refractivity contribution in [2.24, 2.45) is 0 Å². The largest absolute Gasteiger partial charge is 0.339 e. The summed E-state index contributed by atoms with van der Waals surface area (Å²) in [5, 5.41) is 9.13. The van der Waals surface area contributed by atoms with E-state index in [2.05, 4.69) is 20.4 Å². The molecule has 1 atom stereocenters. The molecule has 78 valence electrons. The second-order valence-corrected chi connectivity index (χ2v) is 4.24. The molecule has 5 nitrogen and oxygen atoms in total. The van der Waals surface area contributed by atoms with Gasteiger partial charge in [-0.2, -0.15) is 4.98 Å². The highest BCUT2D eigenvalue weighted by atomic mass is 32.1. The van der Waals surface area contributed by atoms with Crippen LogP contribution in [0.4, 0.5) is 0 Å². The second-order valence-electron chi connectivity index (χ2n) is 3.52. The first-order chi connectivity index (χ1) is 7.43. The normalized spacial score (nSPS) is 20.9. The van der Waals surface area contributed by atoms with Crippen molar-refractivity contribution in [2.45, 2.75) is 12.3 Å². The van der Waals surface area contributed by atoms with Gasteiger partial charge in [-0.05, 0) is 13.0 Å². The Labute approximate surface area is 90.5 Å². The first-order valence-electron chi connectivity index (χ1n) is 4.86. The summed E-state index contributed by atoms with van der Waals surface area (Å²) >= 11 is 1.53. The predicted octanol–water partition coefficient (Wildman–Crippen LogP) is 1.27. The van der Waals surface area contributed by atoms with E-state index in [0.717, 1.165) is 31.1 Å². The van der Waals surface area contributed by atoms with Gasteiger partial charge in [-0.3, -0.25) is 0 Å². The van der Waals surface area contributed by atoms with Gasteiger partial charge < -0.3 is 9.84 Å². The van der Waals surface area contributed by atoms with Crippen molar-refractivity contribution >= 4 is 11.3 Å².